The molecule has 0 spiro atoms. The lowest BCUT2D eigenvalue weighted by molar-refractivity contribution is 0.0426. The summed E-state index contributed by atoms with van der Waals surface area (Å²) in [4.78, 5) is 7.97. The van der Waals surface area contributed by atoms with E-state index in [0.29, 0.717) is 6.04 Å². The molecule has 19 heavy (non-hydrogen) atoms. The fraction of sp³-hybridized carbons (Fsp3) is 0.769. The van der Waals surface area contributed by atoms with Gasteiger partial charge in [-0.3, -0.25) is 4.90 Å². The molecule has 1 aromatic heterocycles. The van der Waals surface area contributed by atoms with Crippen molar-refractivity contribution in [1.29, 1.82) is 0 Å². The average Bonchev–Trinajstić information content (AvgIpc) is 3.10. The molecule has 6 heteroatoms. The summed E-state index contributed by atoms with van der Waals surface area (Å²) in [6.07, 6.45) is 8.23. The first-order valence-electron chi connectivity index (χ1n) is 7.13. The summed E-state index contributed by atoms with van der Waals surface area (Å²) in [6, 6.07) is 0.554. The van der Waals surface area contributed by atoms with E-state index in [0.717, 1.165) is 45.3 Å². The van der Waals surface area contributed by atoms with Crippen LogP contribution in [0, 0.1) is 0 Å². The van der Waals surface area contributed by atoms with Crippen LogP contribution in [0.2, 0.25) is 0 Å². The molecule has 0 unspecified atom stereocenters. The Morgan fingerprint density at radius 3 is 2.63 bits per heavy atom. The minimum absolute atomic E-state index is 0.265. The molecule has 6 nitrogen and oxygen atoms in total. The van der Waals surface area contributed by atoms with Crippen molar-refractivity contribution in [3.05, 3.63) is 12.7 Å². The molecular formula is C13H21N5O. The van der Waals surface area contributed by atoms with Crippen LogP contribution >= 0.6 is 0 Å². The summed E-state index contributed by atoms with van der Waals surface area (Å²) in [5, 5.41) is 11.9. The number of hydrogen-bond donors (Lipinski definition) is 0. The largest absolute Gasteiger partial charge is 0.391 e. The maximum absolute atomic E-state index is 5.48. The van der Waals surface area contributed by atoms with Crippen molar-refractivity contribution < 1.29 is 4.84 Å². The van der Waals surface area contributed by atoms with Gasteiger partial charge in [-0.1, -0.05) is 12.1 Å². The zero-order chi connectivity index (χ0) is 13.1. The van der Waals surface area contributed by atoms with E-state index >= 15 is 0 Å². The Balaban J connectivity index is 1.44. The molecule has 0 aliphatic carbocycles. The molecule has 0 N–H and O–H groups in total. The van der Waals surface area contributed by atoms with Crippen LogP contribution < -0.4 is 0 Å². The highest BCUT2D eigenvalue weighted by Gasteiger charge is 2.26. The van der Waals surface area contributed by atoms with Crippen molar-refractivity contribution in [2.24, 2.45) is 5.16 Å². The lowest BCUT2D eigenvalue weighted by atomic mass is 10.0. The van der Waals surface area contributed by atoms with Crippen molar-refractivity contribution in [1.82, 2.24) is 19.7 Å². The highest BCUT2D eigenvalue weighted by molar-refractivity contribution is 5.85. The van der Waals surface area contributed by atoms with Crippen LogP contribution in [0.3, 0.4) is 0 Å². The Hall–Kier alpha value is -1.43. The first-order chi connectivity index (χ1) is 9.35. The molecule has 104 valence electrons. The van der Waals surface area contributed by atoms with Gasteiger partial charge in [-0.15, -0.1) is 10.2 Å². The minimum atomic E-state index is 0.265. The fourth-order valence-corrected chi connectivity index (χ4v) is 2.88. The summed E-state index contributed by atoms with van der Waals surface area (Å²) in [5.41, 5.74) is 1.20. The van der Waals surface area contributed by atoms with Crippen LogP contribution in [0.25, 0.3) is 0 Å². The zero-order valence-electron chi connectivity index (χ0n) is 11.4. The first-order valence-corrected chi connectivity index (χ1v) is 7.13. The molecule has 0 radical (unpaired) electrons. The van der Waals surface area contributed by atoms with Gasteiger partial charge in [0.1, 0.15) is 18.8 Å². The summed E-state index contributed by atoms with van der Waals surface area (Å²) >= 11 is 0. The van der Waals surface area contributed by atoms with Crippen LogP contribution in [0.15, 0.2) is 17.8 Å². The summed E-state index contributed by atoms with van der Waals surface area (Å²) in [6.45, 7) is 5.37. The fourth-order valence-electron chi connectivity index (χ4n) is 2.88. The average molecular weight is 263 g/mol. The number of piperidine rings is 1. The number of oxime groups is 1. The lowest BCUT2D eigenvalue weighted by Crippen LogP contribution is -2.39. The number of nitrogens with zero attached hydrogens (tertiary/aromatic N) is 5. The SMILES string of the molecule is CCC1=NO[C@H](CN2CCC(n3cnnc3)CC2)C1. The van der Waals surface area contributed by atoms with E-state index in [9.17, 15) is 0 Å². The minimum Gasteiger partial charge on any atom is -0.391 e. The topological polar surface area (TPSA) is 55.5 Å². The molecule has 0 saturated carbocycles. The van der Waals surface area contributed by atoms with Crippen molar-refractivity contribution in [3.8, 4) is 0 Å². The van der Waals surface area contributed by atoms with E-state index in [1.807, 2.05) is 12.7 Å². The third-order valence-electron chi connectivity index (χ3n) is 4.08. The highest BCUT2D eigenvalue weighted by atomic mass is 16.6. The van der Waals surface area contributed by atoms with Crippen LogP contribution in [0.1, 0.15) is 38.6 Å². The Labute approximate surface area is 113 Å². The van der Waals surface area contributed by atoms with E-state index in [1.165, 1.54) is 5.71 Å². The molecule has 0 amide bonds. The van der Waals surface area contributed by atoms with Gasteiger partial charge < -0.3 is 9.40 Å². The molecule has 1 fully saturated rings. The molecule has 0 aromatic carbocycles. The molecule has 3 rings (SSSR count). The maximum atomic E-state index is 5.48. The number of hydrogen-bond acceptors (Lipinski definition) is 5. The van der Waals surface area contributed by atoms with E-state index in [-0.39, 0.29) is 6.10 Å². The monoisotopic (exact) mass is 263 g/mol. The van der Waals surface area contributed by atoms with Gasteiger partial charge in [0.15, 0.2) is 0 Å². The molecule has 3 heterocycles. The molecule has 1 atom stereocenters. The predicted octanol–water partition coefficient (Wildman–Crippen LogP) is 1.47. The molecule has 0 bridgehead atoms. The maximum Gasteiger partial charge on any atom is 0.145 e. The number of likely N-dealkylation sites (tertiary alicyclic amines) is 1. The highest BCUT2D eigenvalue weighted by Crippen LogP contribution is 2.23. The van der Waals surface area contributed by atoms with Crippen LogP contribution in [0.5, 0.6) is 0 Å². The Morgan fingerprint density at radius 1 is 1.26 bits per heavy atom. The van der Waals surface area contributed by atoms with Crippen LogP contribution in [0.4, 0.5) is 0 Å². The molecule has 2 aliphatic rings. The van der Waals surface area contributed by atoms with Gasteiger partial charge in [0.2, 0.25) is 0 Å². The predicted molar refractivity (Wildman–Crippen MR) is 71.9 cm³/mol. The molecular weight excluding hydrogens is 242 g/mol. The number of aromatic nitrogens is 3. The Kier molecular flexibility index (Phi) is 3.77. The van der Waals surface area contributed by atoms with Crippen molar-refractivity contribution in [2.45, 2.75) is 44.8 Å². The van der Waals surface area contributed by atoms with Crippen molar-refractivity contribution in [2.75, 3.05) is 19.6 Å². The second kappa shape index (κ2) is 5.69. The van der Waals surface area contributed by atoms with E-state index < -0.39 is 0 Å². The quantitative estimate of drug-likeness (QED) is 0.825. The standard InChI is InChI=1S/C13H21N5O/c1-2-11-7-13(19-16-11)8-17-5-3-12(4-6-17)18-9-14-15-10-18/h9-10,12-13H,2-8H2,1H3/t13-/m0/s1. The van der Waals surface area contributed by atoms with Gasteiger partial charge in [-0.25, -0.2) is 0 Å². The first kappa shape index (κ1) is 12.6. The second-order valence-corrected chi connectivity index (χ2v) is 5.38. The van der Waals surface area contributed by atoms with Gasteiger partial charge in [0.05, 0.1) is 5.71 Å². The molecule has 1 saturated heterocycles. The van der Waals surface area contributed by atoms with Crippen LogP contribution in [-0.2, 0) is 4.84 Å². The third kappa shape index (κ3) is 2.94. The Morgan fingerprint density at radius 2 is 2.00 bits per heavy atom. The summed E-state index contributed by atoms with van der Waals surface area (Å²) < 4.78 is 2.13. The third-order valence-corrected chi connectivity index (χ3v) is 4.08. The summed E-state index contributed by atoms with van der Waals surface area (Å²) in [7, 11) is 0. The van der Waals surface area contributed by atoms with Gasteiger partial charge in [0, 0.05) is 32.1 Å². The Bertz CT molecular complexity index is 422. The molecule has 2 aliphatic heterocycles. The smallest absolute Gasteiger partial charge is 0.145 e. The van der Waals surface area contributed by atoms with E-state index in [1.54, 1.807) is 0 Å². The van der Waals surface area contributed by atoms with Crippen molar-refractivity contribution >= 4 is 5.71 Å². The second-order valence-electron chi connectivity index (χ2n) is 5.38. The van der Waals surface area contributed by atoms with Gasteiger partial charge >= 0.3 is 0 Å². The molecule has 1 aromatic rings. The zero-order valence-corrected chi connectivity index (χ0v) is 11.4. The van der Waals surface area contributed by atoms with E-state index in [2.05, 4.69) is 31.7 Å². The van der Waals surface area contributed by atoms with Crippen molar-refractivity contribution in [3.63, 3.8) is 0 Å². The normalized spacial score (nSPS) is 25.3. The summed E-state index contributed by atoms with van der Waals surface area (Å²) in [5.74, 6) is 0. The van der Waals surface area contributed by atoms with Gasteiger partial charge in [-0.05, 0) is 19.3 Å². The number of rotatable bonds is 4. The lowest BCUT2D eigenvalue weighted by Gasteiger charge is -2.33. The van der Waals surface area contributed by atoms with Crippen LogP contribution in [-0.4, -0.2) is 51.1 Å². The van der Waals surface area contributed by atoms with E-state index in [4.69, 9.17) is 4.84 Å². The van der Waals surface area contributed by atoms with Gasteiger partial charge in [-0.2, -0.15) is 0 Å². The van der Waals surface area contributed by atoms with Gasteiger partial charge in [0.25, 0.3) is 0 Å².